The minimum Gasteiger partial charge on any atom is -0.492 e. The maximum atomic E-state index is 11.9. The van der Waals surface area contributed by atoms with Crippen LogP contribution in [0.2, 0.25) is 0 Å². The van der Waals surface area contributed by atoms with Gasteiger partial charge in [-0.2, -0.15) is 0 Å². The van der Waals surface area contributed by atoms with Crippen molar-refractivity contribution in [2.75, 3.05) is 35.0 Å². The van der Waals surface area contributed by atoms with Gasteiger partial charge in [0.1, 0.15) is 6.10 Å². The second-order valence-corrected chi connectivity index (χ2v) is 7.29. The van der Waals surface area contributed by atoms with Gasteiger partial charge < -0.3 is 28.4 Å². The lowest BCUT2D eigenvalue weighted by Crippen LogP contribution is -2.14. The molecule has 1 atom stereocenters. The Morgan fingerprint density at radius 2 is 1.44 bits per heavy atom. The monoisotopic (exact) mass is 472 g/mol. The predicted molar refractivity (Wildman–Crippen MR) is 128 cm³/mol. The van der Waals surface area contributed by atoms with Crippen molar-refractivity contribution in [1.29, 1.82) is 0 Å². The van der Waals surface area contributed by atoms with Gasteiger partial charge in [-0.1, -0.05) is 24.3 Å². The highest BCUT2D eigenvalue weighted by atomic mass is 16.6. The number of rotatable bonds is 11. The number of ether oxygens (including phenoxy) is 6. The Morgan fingerprint density at radius 1 is 0.882 bits per heavy atom. The van der Waals surface area contributed by atoms with E-state index in [1.807, 2.05) is 31.2 Å². The first-order chi connectivity index (χ1) is 16.3. The molecule has 0 spiro atoms. The summed E-state index contributed by atoms with van der Waals surface area (Å²) in [5.41, 5.74) is 3.12. The number of methoxy groups -OCH3 is 4. The third kappa shape index (κ3) is 6.21. The summed E-state index contributed by atoms with van der Waals surface area (Å²) >= 11 is 0. The summed E-state index contributed by atoms with van der Waals surface area (Å²) in [7, 11) is 6.13. The van der Waals surface area contributed by atoms with Gasteiger partial charge >= 0.3 is 11.9 Å². The molecule has 0 amide bonds. The fraction of sp³-hybridized carbons (Fsp3) is 0.385. The molecule has 184 valence electrons. The maximum absolute atomic E-state index is 11.9. The van der Waals surface area contributed by atoms with Crippen molar-refractivity contribution < 1.29 is 38.0 Å². The van der Waals surface area contributed by atoms with E-state index in [0.29, 0.717) is 36.0 Å². The van der Waals surface area contributed by atoms with Gasteiger partial charge in [0.05, 0.1) is 35.0 Å². The second kappa shape index (κ2) is 12.5. The third-order valence-electron chi connectivity index (χ3n) is 5.21. The van der Waals surface area contributed by atoms with Gasteiger partial charge in [0.15, 0.2) is 11.5 Å². The second-order valence-electron chi connectivity index (χ2n) is 7.29. The van der Waals surface area contributed by atoms with E-state index in [1.165, 1.54) is 34.3 Å². The molecule has 0 aliphatic heterocycles. The molecule has 0 N–H and O–H groups in total. The first-order valence-electron chi connectivity index (χ1n) is 10.8. The van der Waals surface area contributed by atoms with Crippen LogP contribution in [0.1, 0.15) is 42.2 Å². The molecule has 0 saturated heterocycles. The Kier molecular flexibility index (Phi) is 9.79. The van der Waals surface area contributed by atoms with Crippen LogP contribution in [-0.2, 0) is 25.5 Å². The lowest BCUT2D eigenvalue weighted by Gasteiger charge is -2.24. The quantitative estimate of drug-likeness (QED) is 0.350. The Hall–Kier alpha value is -3.68. The van der Waals surface area contributed by atoms with E-state index in [9.17, 15) is 9.59 Å². The molecule has 1 unspecified atom stereocenters. The van der Waals surface area contributed by atoms with Crippen LogP contribution in [-0.4, -0.2) is 47.0 Å². The van der Waals surface area contributed by atoms with Crippen molar-refractivity contribution >= 4 is 18.0 Å². The van der Waals surface area contributed by atoms with Gasteiger partial charge in [0.2, 0.25) is 11.5 Å². The number of carbonyl (C=O) groups excluding carboxylic acids is 2. The maximum Gasteiger partial charge on any atom is 0.330 e. The lowest BCUT2D eigenvalue weighted by atomic mass is 9.95. The summed E-state index contributed by atoms with van der Waals surface area (Å²) in [5.74, 6) is 0.975. The Bertz CT molecular complexity index is 1020. The molecule has 0 bridgehead atoms. The molecule has 0 heterocycles. The molecule has 0 aliphatic rings. The van der Waals surface area contributed by atoms with E-state index in [1.54, 1.807) is 20.1 Å². The molecular weight excluding hydrogens is 440 g/mol. The average molecular weight is 473 g/mol. The molecule has 0 fully saturated rings. The summed E-state index contributed by atoms with van der Waals surface area (Å²) in [6.45, 7) is 5.31. The number of hydrogen-bond donors (Lipinski definition) is 0. The van der Waals surface area contributed by atoms with E-state index >= 15 is 0 Å². The van der Waals surface area contributed by atoms with Crippen LogP contribution in [0.4, 0.5) is 0 Å². The summed E-state index contributed by atoms with van der Waals surface area (Å²) in [4.78, 5) is 23.5. The van der Waals surface area contributed by atoms with Crippen LogP contribution in [0.25, 0.3) is 6.08 Å². The number of benzene rings is 2. The molecule has 0 aromatic heterocycles. The average Bonchev–Trinajstić information content (AvgIpc) is 2.82. The molecule has 34 heavy (non-hydrogen) atoms. The first-order valence-corrected chi connectivity index (χ1v) is 10.8. The van der Waals surface area contributed by atoms with Gasteiger partial charge in [-0.05, 0) is 31.1 Å². The molecule has 8 nitrogen and oxygen atoms in total. The van der Waals surface area contributed by atoms with Crippen LogP contribution in [0.5, 0.6) is 23.0 Å². The zero-order valence-electron chi connectivity index (χ0n) is 20.7. The summed E-state index contributed by atoms with van der Waals surface area (Å²) in [5, 5.41) is 0. The Labute approximate surface area is 200 Å². The van der Waals surface area contributed by atoms with Crippen molar-refractivity contribution in [1.82, 2.24) is 0 Å². The van der Waals surface area contributed by atoms with Gasteiger partial charge in [0.25, 0.3) is 0 Å². The van der Waals surface area contributed by atoms with E-state index in [-0.39, 0.29) is 0 Å². The summed E-state index contributed by atoms with van der Waals surface area (Å²) in [6.07, 6.45) is 2.74. The normalized spacial score (nSPS) is 11.6. The summed E-state index contributed by atoms with van der Waals surface area (Å²) in [6, 6.07) is 7.36. The van der Waals surface area contributed by atoms with Crippen LogP contribution in [0, 0.1) is 6.92 Å². The fourth-order valence-corrected chi connectivity index (χ4v) is 3.69. The molecule has 0 saturated carbocycles. The largest absolute Gasteiger partial charge is 0.492 e. The van der Waals surface area contributed by atoms with Crippen LogP contribution in [0.15, 0.2) is 30.3 Å². The highest BCUT2D eigenvalue weighted by Gasteiger charge is 2.28. The van der Waals surface area contributed by atoms with Crippen molar-refractivity contribution in [3.05, 3.63) is 52.6 Å². The smallest absolute Gasteiger partial charge is 0.330 e. The Morgan fingerprint density at radius 3 is 1.94 bits per heavy atom. The van der Waals surface area contributed by atoms with E-state index in [4.69, 9.17) is 28.4 Å². The van der Waals surface area contributed by atoms with E-state index in [2.05, 4.69) is 0 Å². The fourth-order valence-electron chi connectivity index (χ4n) is 3.69. The van der Waals surface area contributed by atoms with E-state index in [0.717, 1.165) is 22.3 Å². The topological polar surface area (TPSA) is 89.5 Å². The predicted octanol–water partition coefficient (Wildman–Crippen LogP) is 4.45. The van der Waals surface area contributed by atoms with Crippen LogP contribution in [0.3, 0.4) is 0 Å². The van der Waals surface area contributed by atoms with Gasteiger partial charge in [0, 0.05) is 30.5 Å². The Balaban J connectivity index is 2.48. The minimum absolute atomic E-state index is 0.309. The molecule has 0 aliphatic carbocycles. The summed E-state index contributed by atoms with van der Waals surface area (Å²) < 4.78 is 32.9. The van der Waals surface area contributed by atoms with Gasteiger partial charge in [-0.25, -0.2) is 4.79 Å². The number of carbonyl (C=O) groups is 2. The number of esters is 2. The van der Waals surface area contributed by atoms with Crippen molar-refractivity contribution in [3.8, 4) is 23.0 Å². The minimum atomic E-state index is -0.601. The zero-order valence-corrected chi connectivity index (χ0v) is 20.7. The first kappa shape index (κ1) is 26.6. The standard InChI is InChI=1S/C26H32O8/c1-8-33-22(28)14-11-18-9-12-19(13-10-18)21(34-17(3)27)15-20-16(2)23(29-4)25(31-6)26(32-7)24(20)30-5/h9-14,21H,8,15H2,1-7H3. The van der Waals surface area contributed by atoms with Crippen LogP contribution < -0.4 is 18.9 Å². The van der Waals surface area contributed by atoms with E-state index < -0.39 is 18.0 Å². The van der Waals surface area contributed by atoms with Gasteiger partial charge in [-0.15, -0.1) is 0 Å². The molecule has 8 heteroatoms. The number of hydrogen-bond acceptors (Lipinski definition) is 8. The SMILES string of the molecule is CCOC(=O)C=Cc1ccc(C(Cc2c(C)c(OC)c(OC)c(OC)c2OC)OC(C)=O)cc1. The molecular formula is C26H32O8. The molecule has 2 aromatic rings. The molecule has 0 radical (unpaired) electrons. The lowest BCUT2D eigenvalue weighted by molar-refractivity contribution is -0.146. The molecule has 2 rings (SSSR count). The van der Waals surface area contributed by atoms with Crippen LogP contribution >= 0.6 is 0 Å². The van der Waals surface area contributed by atoms with Gasteiger partial charge in [-0.3, -0.25) is 4.79 Å². The van der Waals surface area contributed by atoms with Crippen molar-refractivity contribution in [2.45, 2.75) is 33.3 Å². The zero-order chi connectivity index (χ0) is 25.3. The van der Waals surface area contributed by atoms with Crippen molar-refractivity contribution in [3.63, 3.8) is 0 Å². The molecule has 2 aromatic carbocycles. The third-order valence-corrected chi connectivity index (χ3v) is 5.21. The van der Waals surface area contributed by atoms with Crippen molar-refractivity contribution in [2.24, 2.45) is 0 Å². The highest BCUT2D eigenvalue weighted by Crippen LogP contribution is 2.50. The highest BCUT2D eigenvalue weighted by molar-refractivity contribution is 5.87.